The molecule has 0 saturated carbocycles. The molecule has 1 heterocycles. The fraction of sp³-hybridized carbons (Fsp3) is 0.278. The lowest BCUT2D eigenvalue weighted by atomic mass is 10.1. The summed E-state index contributed by atoms with van der Waals surface area (Å²) in [6.45, 7) is 5.53. The molecule has 126 valence electrons. The molecule has 1 aromatic heterocycles. The normalized spacial score (nSPS) is 11.1. The summed E-state index contributed by atoms with van der Waals surface area (Å²) in [5, 5.41) is 6.83. The van der Waals surface area contributed by atoms with Gasteiger partial charge >= 0.3 is 0 Å². The first-order chi connectivity index (χ1) is 11.5. The van der Waals surface area contributed by atoms with Gasteiger partial charge in [-0.05, 0) is 31.5 Å². The number of hydrogen-bond acceptors (Lipinski definition) is 5. The standard InChI is InChI=1S/C18H21N3O3/c1-12-10-19-17(9-18(12)23-4)11-24-21-13(2)15-5-7-16(8-6-15)20-14(3)22/h5-10H,11H2,1-4H3,(H,20,22)/b21-13+. The van der Waals surface area contributed by atoms with Crippen molar-refractivity contribution < 1.29 is 14.4 Å². The highest BCUT2D eigenvalue weighted by atomic mass is 16.6. The molecule has 2 aromatic rings. The fourth-order valence-electron chi connectivity index (χ4n) is 2.09. The van der Waals surface area contributed by atoms with Crippen LogP contribution in [-0.4, -0.2) is 23.7 Å². The Morgan fingerprint density at radius 1 is 1.25 bits per heavy atom. The third-order valence-corrected chi connectivity index (χ3v) is 3.37. The van der Waals surface area contributed by atoms with Crippen molar-refractivity contribution in [1.29, 1.82) is 0 Å². The van der Waals surface area contributed by atoms with E-state index in [0.29, 0.717) is 0 Å². The second-order valence-electron chi connectivity index (χ2n) is 5.35. The average Bonchev–Trinajstić information content (AvgIpc) is 2.56. The SMILES string of the molecule is COc1cc(CO/N=C(\C)c2ccc(NC(C)=O)cc2)ncc1C. The summed E-state index contributed by atoms with van der Waals surface area (Å²) in [6.07, 6.45) is 1.74. The van der Waals surface area contributed by atoms with Gasteiger partial charge in [0.25, 0.3) is 0 Å². The lowest BCUT2D eigenvalue weighted by Gasteiger charge is -2.07. The van der Waals surface area contributed by atoms with E-state index >= 15 is 0 Å². The van der Waals surface area contributed by atoms with Gasteiger partial charge in [0.05, 0.1) is 18.5 Å². The van der Waals surface area contributed by atoms with Gasteiger partial charge in [0.1, 0.15) is 5.75 Å². The van der Waals surface area contributed by atoms with Crippen LogP contribution in [0, 0.1) is 6.92 Å². The van der Waals surface area contributed by atoms with Crippen LogP contribution in [0.2, 0.25) is 0 Å². The Balaban J connectivity index is 1.97. The molecule has 0 atom stereocenters. The van der Waals surface area contributed by atoms with E-state index in [4.69, 9.17) is 9.57 Å². The van der Waals surface area contributed by atoms with Gasteiger partial charge in [-0.1, -0.05) is 17.3 Å². The number of rotatable bonds is 6. The number of hydrogen-bond donors (Lipinski definition) is 1. The molecule has 0 aliphatic rings. The Morgan fingerprint density at radius 3 is 2.58 bits per heavy atom. The maximum atomic E-state index is 11.0. The van der Waals surface area contributed by atoms with Crippen LogP contribution in [0.25, 0.3) is 0 Å². The molecule has 2 rings (SSSR count). The number of anilines is 1. The topological polar surface area (TPSA) is 72.8 Å². The molecule has 0 radical (unpaired) electrons. The van der Waals surface area contributed by atoms with E-state index in [2.05, 4.69) is 15.5 Å². The van der Waals surface area contributed by atoms with Gasteiger partial charge in [0.15, 0.2) is 6.61 Å². The lowest BCUT2D eigenvalue weighted by Crippen LogP contribution is -2.06. The Kier molecular flexibility index (Phi) is 5.89. The predicted octanol–water partition coefficient (Wildman–Crippen LogP) is 3.30. The molecule has 0 saturated heterocycles. The van der Waals surface area contributed by atoms with Crippen molar-refractivity contribution in [3.63, 3.8) is 0 Å². The number of carbonyl (C=O) groups excluding carboxylic acids is 1. The Labute approximate surface area is 141 Å². The number of oxime groups is 1. The van der Waals surface area contributed by atoms with Crippen LogP contribution in [0.5, 0.6) is 5.75 Å². The first-order valence-electron chi connectivity index (χ1n) is 7.53. The zero-order valence-electron chi connectivity index (χ0n) is 14.3. The van der Waals surface area contributed by atoms with E-state index in [9.17, 15) is 4.79 Å². The highest BCUT2D eigenvalue weighted by molar-refractivity contribution is 5.99. The van der Waals surface area contributed by atoms with Crippen LogP contribution in [0.15, 0.2) is 41.7 Å². The molecule has 1 amide bonds. The summed E-state index contributed by atoms with van der Waals surface area (Å²) >= 11 is 0. The molecule has 6 nitrogen and oxygen atoms in total. The number of aromatic nitrogens is 1. The van der Waals surface area contributed by atoms with Crippen molar-refractivity contribution in [2.45, 2.75) is 27.4 Å². The second kappa shape index (κ2) is 8.10. The zero-order chi connectivity index (χ0) is 17.5. The molecule has 1 N–H and O–H groups in total. The molecule has 1 aromatic carbocycles. The third kappa shape index (κ3) is 4.81. The number of ether oxygens (including phenoxy) is 1. The molecule has 0 bridgehead atoms. The maximum Gasteiger partial charge on any atom is 0.221 e. The first kappa shape index (κ1) is 17.5. The van der Waals surface area contributed by atoms with Crippen molar-refractivity contribution in [1.82, 2.24) is 4.98 Å². The van der Waals surface area contributed by atoms with Crippen LogP contribution < -0.4 is 10.1 Å². The minimum atomic E-state index is -0.0995. The Bertz CT molecular complexity index is 740. The van der Waals surface area contributed by atoms with Crippen LogP contribution in [0.3, 0.4) is 0 Å². The molecule has 0 aliphatic heterocycles. The smallest absolute Gasteiger partial charge is 0.221 e. The van der Waals surface area contributed by atoms with Gasteiger partial charge in [-0.2, -0.15) is 0 Å². The van der Waals surface area contributed by atoms with E-state index in [1.54, 1.807) is 13.3 Å². The maximum absolute atomic E-state index is 11.0. The number of amides is 1. The molecular weight excluding hydrogens is 306 g/mol. The summed E-state index contributed by atoms with van der Waals surface area (Å²) in [7, 11) is 1.62. The molecule has 24 heavy (non-hydrogen) atoms. The number of methoxy groups -OCH3 is 1. The Hall–Kier alpha value is -2.89. The molecule has 6 heteroatoms. The van der Waals surface area contributed by atoms with Crippen molar-refractivity contribution in [3.05, 3.63) is 53.3 Å². The van der Waals surface area contributed by atoms with Gasteiger partial charge in [-0.25, -0.2) is 0 Å². The van der Waals surface area contributed by atoms with Crippen LogP contribution >= 0.6 is 0 Å². The second-order valence-corrected chi connectivity index (χ2v) is 5.35. The monoisotopic (exact) mass is 327 g/mol. The van der Waals surface area contributed by atoms with Crippen molar-refractivity contribution in [2.75, 3.05) is 12.4 Å². The number of nitrogens with zero attached hydrogens (tertiary/aromatic N) is 2. The largest absolute Gasteiger partial charge is 0.496 e. The van der Waals surface area contributed by atoms with E-state index in [-0.39, 0.29) is 12.5 Å². The van der Waals surface area contributed by atoms with Crippen molar-refractivity contribution in [3.8, 4) is 5.75 Å². The van der Waals surface area contributed by atoms with E-state index in [0.717, 1.165) is 34.0 Å². The van der Waals surface area contributed by atoms with Gasteiger partial charge in [-0.3, -0.25) is 9.78 Å². The van der Waals surface area contributed by atoms with E-state index < -0.39 is 0 Å². The number of nitrogens with one attached hydrogen (secondary N) is 1. The Morgan fingerprint density at radius 2 is 1.96 bits per heavy atom. The minimum absolute atomic E-state index is 0.0995. The van der Waals surface area contributed by atoms with Crippen LogP contribution in [-0.2, 0) is 16.2 Å². The highest BCUT2D eigenvalue weighted by Gasteiger charge is 2.03. The van der Waals surface area contributed by atoms with Gasteiger partial charge in [0.2, 0.25) is 5.91 Å². The number of pyridine rings is 1. The predicted molar refractivity (Wildman–Crippen MR) is 93.3 cm³/mol. The highest BCUT2D eigenvalue weighted by Crippen LogP contribution is 2.17. The summed E-state index contributed by atoms with van der Waals surface area (Å²) in [6, 6.07) is 9.23. The van der Waals surface area contributed by atoms with Crippen LogP contribution in [0.1, 0.15) is 30.7 Å². The van der Waals surface area contributed by atoms with Gasteiger partial charge in [-0.15, -0.1) is 0 Å². The van der Waals surface area contributed by atoms with Gasteiger partial charge < -0.3 is 14.9 Å². The average molecular weight is 327 g/mol. The summed E-state index contributed by atoms with van der Waals surface area (Å²) in [5.74, 6) is 0.676. The zero-order valence-corrected chi connectivity index (χ0v) is 14.3. The molecule has 0 aliphatic carbocycles. The number of aryl methyl sites for hydroxylation is 1. The van der Waals surface area contributed by atoms with Crippen LogP contribution in [0.4, 0.5) is 5.69 Å². The third-order valence-electron chi connectivity index (χ3n) is 3.37. The van der Waals surface area contributed by atoms with E-state index in [1.165, 1.54) is 6.92 Å². The summed E-state index contributed by atoms with van der Waals surface area (Å²) < 4.78 is 5.26. The quantitative estimate of drug-likeness (QED) is 0.652. The van der Waals surface area contributed by atoms with E-state index in [1.807, 2.05) is 44.2 Å². The van der Waals surface area contributed by atoms with Crippen molar-refractivity contribution in [2.24, 2.45) is 5.16 Å². The first-order valence-corrected chi connectivity index (χ1v) is 7.53. The molecule has 0 fully saturated rings. The van der Waals surface area contributed by atoms with Gasteiger partial charge in [0, 0.05) is 30.4 Å². The summed E-state index contributed by atoms with van der Waals surface area (Å²) in [4.78, 5) is 20.7. The number of carbonyl (C=O) groups is 1. The summed E-state index contributed by atoms with van der Waals surface area (Å²) in [5.41, 5.74) is 4.12. The minimum Gasteiger partial charge on any atom is -0.496 e. The lowest BCUT2D eigenvalue weighted by molar-refractivity contribution is -0.114. The molecule has 0 unspecified atom stereocenters. The molecular formula is C18H21N3O3. The van der Waals surface area contributed by atoms with Crippen molar-refractivity contribution >= 4 is 17.3 Å². The molecule has 0 spiro atoms. The number of benzene rings is 1. The fourth-order valence-corrected chi connectivity index (χ4v) is 2.09.